The lowest BCUT2D eigenvalue weighted by atomic mass is 10.5. The third-order valence-electron chi connectivity index (χ3n) is 0.660. The van der Waals surface area contributed by atoms with Crippen LogP contribution in [-0.4, -0.2) is 4.98 Å². The van der Waals surface area contributed by atoms with Crippen LogP contribution >= 0.6 is 31.9 Å². The quantitative estimate of drug-likeness (QED) is 0.630. The maximum Gasteiger partial charge on any atom is 0.120 e. The molecule has 41 valence electrons. The fourth-order valence-electron chi connectivity index (χ4n) is 0.326. The van der Waals surface area contributed by atoms with Gasteiger partial charge in [-0.15, -0.1) is 0 Å². The van der Waals surface area contributed by atoms with Crippen molar-refractivity contribution in [3.8, 4) is 0 Å². The molecule has 0 aliphatic rings. The number of hydrogen-bond donors (Lipinski definition) is 0. The molecule has 1 rings (SSSR count). The maximum absolute atomic E-state index is 3.89. The van der Waals surface area contributed by atoms with Crippen molar-refractivity contribution in [2.75, 3.05) is 0 Å². The lowest BCUT2D eigenvalue weighted by Gasteiger charge is -1.87. The third-order valence-corrected chi connectivity index (χ3v) is 2.43. The van der Waals surface area contributed by atoms with Crippen molar-refractivity contribution in [1.82, 2.24) is 4.98 Å². The summed E-state index contributed by atoms with van der Waals surface area (Å²) in [7, 11) is 0. The maximum atomic E-state index is 3.89. The minimum atomic E-state index is 0.816. The molecule has 1 nitrogen and oxygen atoms in total. The number of aromatic nitrogens is 1. The number of pyridine rings is 1. The second-order valence-corrected chi connectivity index (χ2v) is 2.81. The molecular formula is C5H2Br2N. The summed E-state index contributed by atoms with van der Waals surface area (Å²) in [6.45, 7) is 0. The van der Waals surface area contributed by atoms with Crippen molar-refractivity contribution in [2.24, 2.45) is 0 Å². The second-order valence-electron chi connectivity index (χ2n) is 1.21. The first-order valence-corrected chi connectivity index (χ1v) is 3.56. The number of hydrogen-bond acceptors (Lipinski definition) is 1. The molecule has 0 amide bonds. The van der Waals surface area contributed by atoms with Crippen LogP contribution < -0.4 is 0 Å². The first-order valence-electron chi connectivity index (χ1n) is 1.98. The van der Waals surface area contributed by atoms with Crippen molar-refractivity contribution in [3.63, 3.8) is 0 Å². The van der Waals surface area contributed by atoms with Gasteiger partial charge in [-0.2, -0.15) is 0 Å². The van der Waals surface area contributed by atoms with Gasteiger partial charge in [-0.3, -0.25) is 0 Å². The zero-order valence-electron chi connectivity index (χ0n) is 3.86. The lowest BCUT2D eigenvalue weighted by Crippen LogP contribution is -1.72. The smallest absolute Gasteiger partial charge is 0.120 e. The Morgan fingerprint density at radius 1 is 1.50 bits per heavy atom. The third kappa shape index (κ3) is 1.29. The van der Waals surface area contributed by atoms with Crippen LogP contribution in [0.25, 0.3) is 0 Å². The van der Waals surface area contributed by atoms with E-state index in [1.54, 1.807) is 12.3 Å². The molecule has 1 radical (unpaired) electrons. The van der Waals surface area contributed by atoms with Gasteiger partial charge in [0.2, 0.25) is 0 Å². The Morgan fingerprint density at radius 3 is 2.62 bits per heavy atom. The fourth-order valence-corrected chi connectivity index (χ4v) is 0.777. The zero-order valence-corrected chi connectivity index (χ0v) is 7.03. The fraction of sp³-hybridized carbons (Fsp3) is 0. The van der Waals surface area contributed by atoms with Gasteiger partial charge in [-0.25, -0.2) is 4.98 Å². The highest BCUT2D eigenvalue weighted by atomic mass is 79.9. The summed E-state index contributed by atoms with van der Waals surface area (Å²) in [6, 6.07) is 4.62. The SMILES string of the molecule is Brc1c[c]cnc1Br. The molecule has 0 N–H and O–H groups in total. The summed E-state index contributed by atoms with van der Waals surface area (Å²) in [5, 5.41) is 0. The molecule has 0 bridgehead atoms. The van der Waals surface area contributed by atoms with Crippen molar-refractivity contribution in [3.05, 3.63) is 27.4 Å². The van der Waals surface area contributed by atoms with Crippen LogP contribution in [0.15, 0.2) is 21.3 Å². The van der Waals surface area contributed by atoms with Crippen LogP contribution in [-0.2, 0) is 0 Å². The average Bonchev–Trinajstić information content (AvgIpc) is 1.77. The van der Waals surface area contributed by atoms with Crippen molar-refractivity contribution < 1.29 is 0 Å². The van der Waals surface area contributed by atoms with Gasteiger partial charge in [-0.1, -0.05) is 0 Å². The average molecular weight is 236 g/mol. The molecule has 1 aromatic heterocycles. The first-order chi connectivity index (χ1) is 3.80. The highest BCUT2D eigenvalue weighted by Crippen LogP contribution is 2.17. The van der Waals surface area contributed by atoms with E-state index in [4.69, 9.17) is 0 Å². The molecule has 0 fully saturated rings. The molecule has 0 unspecified atom stereocenters. The molecule has 0 aliphatic carbocycles. The second kappa shape index (κ2) is 2.60. The van der Waals surface area contributed by atoms with E-state index in [0.29, 0.717) is 0 Å². The van der Waals surface area contributed by atoms with Crippen LogP contribution in [0.4, 0.5) is 0 Å². The van der Waals surface area contributed by atoms with Gasteiger partial charge in [0.05, 0.1) is 4.47 Å². The summed E-state index contributed by atoms with van der Waals surface area (Å²) < 4.78 is 1.75. The highest BCUT2D eigenvalue weighted by Gasteiger charge is 1.90. The van der Waals surface area contributed by atoms with Gasteiger partial charge in [0, 0.05) is 12.3 Å². The Kier molecular flexibility index (Phi) is 2.02. The van der Waals surface area contributed by atoms with E-state index in [0.717, 1.165) is 9.08 Å². The molecule has 0 saturated heterocycles. The van der Waals surface area contributed by atoms with Gasteiger partial charge < -0.3 is 0 Å². The normalized spacial score (nSPS) is 9.25. The largest absolute Gasteiger partial charge is 0.248 e. The highest BCUT2D eigenvalue weighted by molar-refractivity contribution is 9.13. The topological polar surface area (TPSA) is 12.9 Å². The predicted molar refractivity (Wildman–Crippen MR) is 38.5 cm³/mol. The van der Waals surface area contributed by atoms with Gasteiger partial charge >= 0.3 is 0 Å². The summed E-state index contributed by atoms with van der Waals surface area (Å²) in [4.78, 5) is 3.89. The van der Waals surface area contributed by atoms with Crippen LogP contribution in [0.2, 0.25) is 0 Å². The van der Waals surface area contributed by atoms with E-state index < -0.39 is 0 Å². The molecule has 8 heavy (non-hydrogen) atoms. The van der Waals surface area contributed by atoms with Gasteiger partial charge in [0.1, 0.15) is 4.60 Å². The van der Waals surface area contributed by atoms with E-state index in [9.17, 15) is 0 Å². The van der Waals surface area contributed by atoms with Gasteiger partial charge in [-0.05, 0) is 37.9 Å². The monoisotopic (exact) mass is 234 g/mol. The van der Waals surface area contributed by atoms with Crippen LogP contribution in [0.5, 0.6) is 0 Å². The standard InChI is InChI=1S/C5H2Br2N/c6-4-2-1-3-8-5(4)7/h2-3H. The molecule has 0 aliphatic heterocycles. The molecule has 1 heterocycles. The lowest BCUT2D eigenvalue weighted by molar-refractivity contribution is 1.25. The van der Waals surface area contributed by atoms with E-state index in [1.165, 1.54) is 0 Å². The van der Waals surface area contributed by atoms with E-state index in [1.807, 2.05) is 0 Å². The molecular weight excluding hydrogens is 234 g/mol. The van der Waals surface area contributed by atoms with Gasteiger partial charge in [0.15, 0.2) is 0 Å². The zero-order chi connectivity index (χ0) is 5.98. The van der Waals surface area contributed by atoms with Crippen LogP contribution in [0.3, 0.4) is 0 Å². The molecule has 0 spiro atoms. The van der Waals surface area contributed by atoms with Crippen LogP contribution in [0, 0.1) is 6.07 Å². The Bertz CT molecular complexity index is 167. The van der Waals surface area contributed by atoms with Crippen molar-refractivity contribution >= 4 is 31.9 Å². The number of rotatable bonds is 0. The minimum absolute atomic E-state index is 0.816. The van der Waals surface area contributed by atoms with Crippen molar-refractivity contribution in [2.45, 2.75) is 0 Å². The summed E-state index contributed by atoms with van der Waals surface area (Å²) in [5.41, 5.74) is 0. The number of halogens is 2. The summed E-state index contributed by atoms with van der Waals surface area (Å²) >= 11 is 6.47. The van der Waals surface area contributed by atoms with E-state index in [2.05, 4.69) is 42.9 Å². The van der Waals surface area contributed by atoms with E-state index >= 15 is 0 Å². The molecule has 0 saturated carbocycles. The molecule has 0 atom stereocenters. The summed E-state index contributed by atoms with van der Waals surface area (Å²) in [6.07, 6.45) is 1.61. The molecule has 0 aromatic carbocycles. The Balaban J connectivity index is 3.13. The molecule has 1 aromatic rings. The number of nitrogens with zero attached hydrogens (tertiary/aromatic N) is 1. The van der Waals surface area contributed by atoms with Crippen LogP contribution in [0.1, 0.15) is 0 Å². The minimum Gasteiger partial charge on any atom is -0.248 e. The summed E-state index contributed by atoms with van der Waals surface area (Å²) in [5.74, 6) is 0. The first kappa shape index (κ1) is 6.23. The van der Waals surface area contributed by atoms with Gasteiger partial charge in [0.25, 0.3) is 0 Å². The Labute approximate surface area is 64.4 Å². The molecule has 3 heteroatoms. The van der Waals surface area contributed by atoms with E-state index in [-0.39, 0.29) is 0 Å². The predicted octanol–water partition coefficient (Wildman–Crippen LogP) is 2.41. The van der Waals surface area contributed by atoms with Crippen molar-refractivity contribution in [1.29, 1.82) is 0 Å². The Morgan fingerprint density at radius 2 is 2.25 bits per heavy atom. The Hall–Kier alpha value is 0.110.